The number of hydrogen-bond donors (Lipinski definition) is 1. The van der Waals surface area contributed by atoms with Crippen LogP contribution in [0.5, 0.6) is 0 Å². The van der Waals surface area contributed by atoms with Gasteiger partial charge in [-0.2, -0.15) is 0 Å². The van der Waals surface area contributed by atoms with E-state index in [-0.39, 0.29) is 17.2 Å². The number of carbonyl (C=O) groups excluding carboxylic acids is 1. The predicted octanol–water partition coefficient (Wildman–Crippen LogP) is 3.72. The molecule has 1 saturated heterocycles. The lowest BCUT2D eigenvalue weighted by molar-refractivity contribution is -0.120. The number of carbonyl (C=O) groups is 1. The molecule has 0 radical (unpaired) electrons. The van der Waals surface area contributed by atoms with Crippen LogP contribution in [0.25, 0.3) is 28.2 Å². The van der Waals surface area contributed by atoms with E-state index in [0.717, 1.165) is 4.57 Å². The van der Waals surface area contributed by atoms with Crippen molar-refractivity contribution in [1.82, 2.24) is 18.7 Å². The van der Waals surface area contributed by atoms with Gasteiger partial charge in [0.05, 0.1) is 5.02 Å². The van der Waals surface area contributed by atoms with E-state index in [0.29, 0.717) is 53.2 Å². The van der Waals surface area contributed by atoms with Gasteiger partial charge in [0, 0.05) is 35.5 Å². The van der Waals surface area contributed by atoms with Crippen LogP contribution < -0.4 is 17.0 Å². The Balaban J connectivity index is 1.97. The quantitative estimate of drug-likeness (QED) is 0.424. The van der Waals surface area contributed by atoms with Crippen molar-refractivity contribution in [2.45, 2.75) is 31.8 Å². The lowest BCUT2D eigenvalue weighted by Gasteiger charge is -2.25. The molecule has 186 valence electrons. The Kier molecular flexibility index (Phi) is 6.46. The van der Waals surface area contributed by atoms with Gasteiger partial charge in [0.1, 0.15) is 11.9 Å². The molecule has 1 amide bonds. The van der Waals surface area contributed by atoms with Gasteiger partial charge in [-0.3, -0.25) is 18.7 Å². The van der Waals surface area contributed by atoms with Gasteiger partial charge in [-0.1, -0.05) is 35.3 Å². The number of aromatic nitrogens is 4. The molecule has 2 aromatic heterocycles. The fourth-order valence-electron chi connectivity index (χ4n) is 4.58. The van der Waals surface area contributed by atoms with Gasteiger partial charge in [-0.15, -0.1) is 0 Å². The van der Waals surface area contributed by atoms with Gasteiger partial charge in [-0.05, 0) is 56.2 Å². The van der Waals surface area contributed by atoms with Crippen molar-refractivity contribution in [3.8, 4) is 17.1 Å². The second kappa shape index (κ2) is 9.57. The molecule has 36 heavy (non-hydrogen) atoms. The zero-order chi connectivity index (χ0) is 25.6. The van der Waals surface area contributed by atoms with Crippen LogP contribution >= 0.6 is 23.2 Å². The molecule has 0 unspecified atom stereocenters. The monoisotopic (exact) mass is 527 g/mol. The highest BCUT2D eigenvalue weighted by Gasteiger charge is 2.30. The van der Waals surface area contributed by atoms with E-state index >= 15 is 0 Å². The van der Waals surface area contributed by atoms with Crippen LogP contribution in [0, 0.1) is 0 Å². The lowest BCUT2D eigenvalue weighted by Crippen LogP contribution is -2.46. The first-order valence-corrected chi connectivity index (χ1v) is 12.2. The van der Waals surface area contributed by atoms with Gasteiger partial charge in [-0.25, -0.2) is 14.3 Å². The maximum atomic E-state index is 13.9. The van der Waals surface area contributed by atoms with E-state index in [1.165, 1.54) is 11.5 Å². The number of rotatable bonds is 5. The minimum absolute atomic E-state index is 0.131. The number of fused-ring (bicyclic) bond motifs is 1. The number of nitrogens with two attached hydrogens (primary N) is 1. The molecule has 4 aromatic rings. The van der Waals surface area contributed by atoms with E-state index < -0.39 is 23.2 Å². The summed E-state index contributed by atoms with van der Waals surface area (Å²) in [4.78, 5) is 44.6. The molecule has 9 nitrogen and oxygen atoms in total. The maximum absolute atomic E-state index is 13.9. The molecule has 0 saturated carbocycles. The van der Waals surface area contributed by atoms with Gasteiger partial charge in [0.2, 0.25) is 5.91 Å². The fraction of sp³-hybridized carbons (Fsp3) is 0.280. The van der Waals surface area contributed by atoms with Crippen LogP contribution in [-0.4, -0.2) is 37.8 Å². The van der Waals surface area contributed by atoms with Gasteiger partial charge in [0.15, 0.2) is 11.2 Å². The molecule has 0 bridgehead atoms. The number of nitrogens with zero attached hydrogens (tertiary/aromatic N) is 4. The Hall–Kier alpha value is -3.40. The first-order chi connectivity index (χ1) is 17.3. The third-order valence-electron chi connectivity index (χ3n) is 6.48. The lowest BCUT2D eigenvalue weighted by atomic mass is 10.1. The summed E-state index contributed by atoms with van der Waals surface area (Å²) in [5.74, 6) is -0.421. The number of primary amides is 1. The number of ether oxygens (including phenoxy) is 1. The minimum Gasteiger partial charge on any atom is -0.381 e. The molecular weight excluding hydrogens is 505 g/mol. The SMILES string of the molecule is C[C@@H](C(N)=O)n1c(=O)c2c(nc(-c3ccccc3Cl)n2-c2ccc(Cl)cc2)n(C2CCOCC2)c1=O. The van der Waals surface area contributed by atoms with Crippen molar-refractivity contribution in [3.05, 3.63) is 79.4 Å². The van der Waals surface area contributed by atoms with E-state index in [2.05, 4.69) is 0 Å². The zero-order valence-electron chi connectivity index (χ0n) is 19.4. The van der Waals surface area contributed by atoms with Crippen LogP contribution in [0.2, 0.25) is 10.0 Å². The first kappa shape index (κ1) is 24.3. The molecule has 0 spiro atoms. The van der Waals surface area contributed by atoms with Crippen molar-refractivity contribution in [1.29, 1.82) is 0 Å². The zero-order valence-corrected chi connectivity index (χ0v) is 20.9. The van der Waals surface area contributed by atoms with E-state index in [4.69, 9.17) is 38.7 Å². The molecule has 2 aromatic carbocycles. The summed E-state index contributed by atoms with van der Waals surface area (Å²) in [6, 6.07) is 12.5. The summed E-state index contributed by atoms with van der Waals surface area (Å²) in [5, 5.41) is 0.940. The normalized spacial score (nSPS) is 15.3. The smallest absolute Gasteiger partial charge is 0.333 e. The fourth-order valence-corrected chi connectivity index (χ4v) is 4.93. The topological polar surface area (TPSA) is 114 Å². The third-order valence-corrected chi connectivity index (χ3v) is 7.06. The van der Waals surface area contributed by atoms with Crippen molar-refractivity contribution < 1.29 is 9.53 Å². The van der Waals surface area contributed by atoms with Crippen LogP contribution in [0.1, 0.15) is 31.8 Å². The van der Waals surface area contributed by atoms with Crippen LogP contribution in [0.3, 0.4) is 0 Å². The van der Waals surface area contributed by atoms with Crippen LogP contribution in [0.4, 0.5) is 0 Å². The van der Waals surface area contributed by atoms with Crippen molar-refractivity contribution >= 4 is 40.3 Å². The molecule has 3 heterocycles. The third kappa shape index (κ3) is 4.03. The highest BCUT2D eigenvalue weighted by molar-refractivity contribution is 6.33. The summed E-state index contributed by atoms with van der Waals surface area (Å²) >= 11 is 12.7. The number of halogens is 2. The number of imidazole rings is 1. The highest BCUT2D eigenvalue weighted by atomic mass is 35.5. The Morgan fingerprint density at radius 1 is 1.08 bits per heavy atom. The van der Waals surface area contributed by atoms with Crippen LogP contribution in [-0.2, 0) is 9.53 Å². The van der Waals surface area contributed by atoms with Crippen molar-refractivity contribution in [2.75, 3.05) is 13.2 Å². The molecule has 1 fully saturated rings. The molecular formula is C25H23Cl2N5O4. The Labute approximate surface area is 215 Å². The van der Waals surface area contributed by atoms with Crippen molar-refractivity contribution in [3.63, 3.8) is 0 Å². The number of hydrogen-bond acceptors (Lipinski definition) is 5. The van der Waals surface area contributed by atoms with Crippen molar-refractivity contribution in [2.24, 2.45) is 5.73 Å². The molecule has 1 aliphatic heterocycles. The standard InChI is InChI=1S/C25H23Cl2N5O4/c1-14(21(28)33)30-24(34)20-23(32(25(30)35)17-10-12-36-13-11-17)29-22(18-4-2-3-5-19(18)27)31(20)16-8-6-15(26)7-9-16/h2-9,14,17H,10-13H2,1H3,(H2,28,33)/t14-/m0/s1. The average Bonchev–Trinajstić information content (AvgIpc) is 3.25. The van der Waals surface area contributed by atoms with E-state index in [1.807, 2.05) is 6.07 Å². The molecule has 0 aliphatic carbocycles. The van der Waals surface area contributed by atoms with E-state index in [1.54, 1.807) is 47.0 Å². The summed E-state index contributed by atoms with van der Waals surface area (Å²) < 4.78 is 9.54. The summed E-state index contributed by atoms with van der Waals surface area (Å²) in [6.07, 6.45) is 1.10. The molecule has 1 aliphatic rings. The summed E-state index contributed by atoms with van der Waals surface area (Å²) in [5.41, 5.74) is 5.72. The van der Waals surface area contributed by atoms with Crippen LogP contribution in [0.15, 0.2) is 58.1 Å². The minimum atomic E-state index is -1.17. The van der Waals surface area contributed by atoms with Gasteiger partial charge >= 0.3 is 5.69 Å². The number of amides is 1. The highest BCUT2D eigenvalue weighted by Crippen LogP contribution is 2.33. The Bertz CT molecular complexity index is 1580. The maximum Gasteiger partial charge on any atom is 0.333 e. The molecule has 2 N–H and O–H groups in total. The Morgan fingerprint density at radius 3 is 2.39 bits per heavy atom. The largest absolute Gasteiger partial charge is 0.381 e. The molecule has 11 heteroatoms. The second-order valence-corrected chi connectivity index (χ2v) is 9.49. The predicted molar refractivity (Wildman–Crippen MR) is 138 cm³/mol. The van der Waals surface area contributed by atoms with Gasteiger partial charge < -0.3 is 10.5 Å². The number of benzene rings is 2. The molecule has 1 atom stereocenters. The first-order valence-electron chi connectivity index (χ1n) is 11.5. The Morgan fingerprint density at radius 2 is 1.75 bits per heavy atom. The van der Waals surface area contributed by atoms with E-state index in [9.17, 15) is 14.4 Å². The molecule has 5 rings (SSSR count). The summed E-state index contributed by atoms with van der Waals surface area (Å²) in [7, 11) is 0. The van der Waals surface area contributed by atoms with Gasteiger partial charge in [0.25, 0.3) is 5.56 Å². The second-order valence-electron chi connectivity index (χ2n) is 8.65. The average molecular weight is 528 g/mol. The summed E-state index contributed by atoms with van der Waals surface area (Å²) in [6.45, 7) is 2.35.